The van der Waals surface area contributed by atoms with Crippen molar-refractivity contribution in [2.45, 2.75) is 31.1 Å². The number of piperazine rings is 1. The van der Waals surface area contributed by atoms with Gasteiger partial charge in [-0.05, 0) is 35.4 Å². The topological polar surface area (TPSA) is 101 Å². The average molecular weight is 455 g/mol. The van der Waals surface area contributed by atoms with Gasteiger partial charge < -0.3 is 24.7 Å². The molecule has 3 atom stereocenters. The van der Waals surface area contributed by atoms with E-state index in [1.54, 1.807) is 28.0 Å². The number of aromatic nitrogens is 3. The van der Waals surface area contributed by atoms with Gasteiger partial charge in [0.2, 0.25) is 18.6 Å². The first-order chi connectivity index (χ1) is 16.7. The van der Waals surface area contributed by atoms with E-state index in [1.165, 1.54) is 0 Å². The molecule has 0 bridgehead atoms. The molecule has 0 aliphatic carbocycles. The Morgan fingerprint density at radius 1 is 1.06 bits per heavy atom. The van der Waals surface area contributed by atoms with Crippen molar-refractivity contribution in [3.05, 3.63) is 77.7 Å². The Morgan fingerprint density at radius 2 is 1.94 bits per heavy atom. The second kappa shape index (κ2) is 7.11. The predicted molar refractivity (Wildman–Crippen MR) is 121 cm³/mol. The lowest BCUT2D eigenvalue weighted by molar-refractivity contribution is -0.152. The highest BCUT2D eigenvalue weighted by Crippen LogP contribution is 2.44. The number of rotatable bonds is 3. The highest BCUT2D eigenvalue weighted by Gasteiger charge is 2.49. The summed E-state index contributed by atoms with van der Waals surface area (Å²) in [5.74, 6) is 1.03. The summed E-state index contributed by atoms with van der Waals surface area (Å²) in [5, 5.41) is 8.23. The van der Waals surface area contributed by atoms with E-state index in [2.05, 4.69) is 21.5 Å². The number of para-hydroxylation sites is 1. The molecule has 0 spiro atoms. The number of H-pyrrole nitrogens is 1. The molecule has 3 aliphatic heterocycles. The second-order valence-corrected chi connectivity index (χ2v) is 8.83. The van der Waals surface area contributed by atoms with Crippen molar-refractivity contribution in [1.82, 2.24) is 25.0 Å². The Bertz CT molecular complexity index is 1440. The van der Waals surface area contributed by atoms with Crippen LogP contribution in [0, 0.1) is 0 Å². The smallest absolute Gasteiger partial charge is 0.248 e. The third-order valence-electron chi connectivity index (χ3n) is 6.94. The first-order valence-corrected chi connectivity index (χ1v) is 11.3. The number of carbonyl (C=O) groups is 2. The van der Waals surface area contributed by atoms with E-state index >= 15 is 0 Å². The van der Waals surface area contributed by atoms with Gasteiger partial charge in [0.1, 0.15) is 12.1 Å². The quantitative estimate of drug-likeness (QED) is 0.493. The lowest BCUT2D eigenvalue weighted by Gasteiger charge is -2.46. The molecule has 3 aliphatic rings. The zero-order valence-electron chi connectivity index (χ0n) is 18.1. The van der Waals surface area contributed by atoms with Crippen LogP contribution in [0.1, 0.15) is 22.9 Å². The van der Waals surface area contributed by atoms with Crippen LogP contribution < -0.4 is 14.8 Å². The molecule has 170 valence electrons. The summed E-state index contributed by atoms with van der Waals surface area (Å²) < 4.78 is 12.8. The minimum absolute atomic E-state index is 0.132. The van der Waals surface area contributed by atoms with Gasteiger partial charge in [-0.2, -0.15) is 5.10 Å². The van der Waals surface area contributed by atoms with Gasteiger partial charge in [-0.1, -0.05) is 24.3 Å². The number of carbonyl (C=O) groups excluding carboxylic acids is 2. The summed E-state index contributed by atoms with van der Waals surface area (Å²) in [7, 11) is 0. The molecule has 2 N–H and O–H groups in total. The molecule has 1 fully saturated rings. The number of nitrogens with one attached hydrogen (secondary N) is 2. The van der Waals surface area contributed by atoms with Crippen molar-refractivity contribution in [2.75, 3.05) is 6.79 Å². The van der Waals surface area contributed by atoms with Crippen LogP contribution in [0.5, 0.6) is 11.5 Å². The monoisotopic (exact) mass is 455 g/mol. The van der Waals surface area contributed by atoms with Crippen molar-refractivity contribution in [2.24, 2.45) is 0 Å². The van der Waals surface area contributed by atoms with Crippen LogP contribution in [0.3, 0.4) is 0 Å². The molecule has 7 rings (SSSR count). The fraction of sp³-hybridized carbons (Fsp3) is 0.240. The summed E-state index contributed by atoms with van der Waals surface area (Å²) in [6.45, 7) is 0.439. The van der Waals surface area contributed by atoms with Gasteiger partial charge in [-0.15, -0.1) is 0 Å². The van der Waals surface area contributed by atoms with Gasteiger partial charge in [0.15, 0.2) is 11.5 Å². The summed E-state index contributed by atoms with van der Waals surface area (Å²) in [5.41, 5.74) is 3.84. The van der Waals surface area contributed by atoms with E-state index in [0.29, 0.717) is 17.9 Å². The maximum absolute atomic E-state index is 13.9. The standard InChI is InChI=1S/C25H21N5O4/c31-24-19-11-16-15-4-1-2-5-17(15)27-22(16)23(14-6-7-20-21(10-14)34-13-33-20)30(19)25(32)18(28-24)12-29-9-3-8-26-29/h1-10,18-19,23,27H,11-13H2,(H,28,31)/t18-,19+,23+/m0/s1. The van der Waals surface area contributed by atoms with Crippen molar-refractivity contribution >= 4 is 22.7 Å². The summed E-state index contributed by atoms with van der Waals surface area (Å²) in [6, 6.07) is 13.8. The molecular formula is C25H21N5O4. The van der Waals surface area contributed by atoms with Crippen LogP contribution in [0.2, 0.25) is 0 Å². The van der Waals surface area contributed by atoms with E-state index in [-0.39, 0.29) is 25.2 Å². The summed E-state index contributed by atoms with van der Waals surface area (Å²) >= 11 is 0. The van der Waals surface area contributed by atoms with Gasteiger partial charge in [0.05, 0.1) is 12.6 Å². The minimum Gasteiger partial charge on any atom is -0.454 e. The van der Waals surface area contributed by atoms with Crippen LogP contribution in [-0.4, -0.2) is 50.4 Å². The fourth-order valence-electron chi connectivity index (χ4n) is 5.42. The molecule has 2 aromatic carbocycles. The number of amides is 2. The van der Waals surface area contributed by atoms with Crippen LogP contribution >= 0.6 is 0 Å². The van der Waals surface area contributed by atoms with Gasteiger partial charge in [0, 0.05) is 35.4 Å². The van der Waals surface area contributed by atoms with E-state index < -0.39 is 18.1 Å². The maximum Gasteiger partial charge on any atom is 0.248 e. The third-order valence-corrected chi connectivity index (χ3v) is 6.94. The lowest BCUT2D eigenvalue weighted by atomic mass is 9.85. The third kappa shape index (κ3) is 2.76. The molecule has 9 nitrogen and oxygen atoms in total. The molecule has 0 unspecified atom stereocenters. The zero-order chi connectivity index (χ0) is 22.8. The molecule has 2 aromatic heterocycles. The minimum atomic E-state index is -0.703. The largest absolute Gasteiger partial charge is 0.454 e. The first-order valence-electron chi connectivity index (χ1n) is 11.3. The molecular weight excluding hydrogens is 434 g/mol. The van der Waals surface area contributed by atoms with Gasteiger partial charge in [0.25, 0.3) is 0 Å². The van der Waals surface area contributed by atoms with Gasteiger partial charge in [-0.25, -0.2) is 0 Å². The highest BCUT2D eigenvalue weighted by atomic mass is 16.7. The average Bonchev–Trinajstić information content (AvgIpc) is 3.60. The maximum atomic E-state index is 13.9. The number of hydrogen-bond donors (Lipinski definition) is 2. The molecule has 5 heterocycles. The molecule has 0 saturated carbocycles. The Morgan fingerprint density at radius 3 is 2.82 bits per heavy atom. The lowest BCUT2D eigenvalue weighted by Crippen LogP contribution is -2.66. The molecule has 2 amide bonds. The molecule has 9 heteroatoms. The normalized spacial score (nSPS) is 23.1. The molecule has 0 radical (unpaired) electrons. The van der Waals surface area contributed by atoms with Gasteiger partial charge in [-0.3, -0.25) is 14.3 Å². The first kappa shape index (κ1) is 19.2. The Hall–Kier alpha value is -4.27. The summed E-state index contributed by atoms with van der Waals surface area (Å²) in [4.78, 5) is 32.5. The number of aromatic amines is 1. The second-order valence-electron chi connectivity index (χ2n) is 8.83. The van der Waals surface area contributed by atoms with Crippen molar-refractivity contribution in [3.63, 3.8) is 0 Å². The van der Waals surface area contributed by atoms with E-state index in [4.69, 9.17) is 9.47 Å². The highest BCUT2D eigenvalue weighted by molar-refractivity contribution is 5.99. The van der Waals surface area contributed by atoms with Crippen LogP contribution in [0.25, 0.3) is 10.9 Å². The number of fused-ring (bicyclic) bond motifs is 5. The van der Waals surface area contributed by atoms with E-state index in [9.17, 15) is 9.59 Å². The number of benzene rings is 2. The van der Waals surface area contributed by atoms with Crippen LogP contribution in [0.4, 0.5) is 0 Å². The Balaban J connectivity index is 1.39. The van der Waals surface area contributed by atoms with Crippen molar-refractivity contribution in [1.29, 1.82) is 0 Å². The van der Waals surface area contributed by atoms with E-state index in [1.807, 2.05) is 36.4 Å². The fourth-order valence-corrected chi connectivity index (χ4v) is 5.42. The zero-order valence-corrected chi connectivity index (χ0v) is 18.1. The van der Waals surface area contributed by atoms with Crippen LogP contribution in [0.15, 0.2) is 60.9 Å². The molecule has 34 heavy (non-hydrogen) atoms. The summed E-state index contributed by atoms with van der Waals surface area (Å²) in [6.07, 6.45) is 3.89. The SMILES string of the molecule is O=C1N[C@@H](Cn2cccn2)C(=O)N2[C@H](c3ccc4c(c3)OCO4)c3[nH]c4ccccc4c3C[C@H]12. The van der Waals surface area contributed by atoms with Gasteiger partial charge >= 0.3 is 0 Å². The predicted octanol–water partition coefficient (Wildman–Crippen LogP) is 2.13. The van der Waals surface area contributed by atoms with E-state index in [0.717, 1.165) is 27.7 Å². The van der Waals surface area contributed by atoms with Crippen molar-refractivity contribution in [3.8, 4) is 11.5 Å². The number of nitrogens with zero attached hydrogens (tertiary/aromatic N) is 3. The molecule has 1 saturated heterocycles. The number of ether oxygens (including phenoxy) is 2. The Kier molecular flexibility index (Phi) is 4.02. The Labute approximate surface area is 194 Å². The van der Waals surface area contributed by atoms with Crippen molar-refractivity contribution < 1.29 is 19.1 Å². The number of hydrogen-bond acceptors (Lipinski definition) is 5. The van der Waals surface area contributed by atoms with Crippen LogP contribution in [-0.2, 0) is 22.6 Å². The molecule has 4 aromatic rings.